The molecular formula is C23H20N4OS. The second-order valence-corrected chi connectivity index (χ2v) is 7.12. The molecule has 3 rings (SSSR count). The van der Waals surface area contributed by atoms with Gasteiger partial charge in [0.2, 0.25) is 0 Å². The summed E-state index contributed by atoms with van der Waals surface area (Å²) in [6.07, 6.45) is 1.65. The van der Waals surface area contributed by atoms with Crippen molar-refractivity contribution < 1.29 is 4.74 Å². The quantitative estimate of drug-likeness (QED) is 0.353. The van der Waals surface area contributed by atoms with Crippen LogP contribution in [0.15, 0.2) is 89.1 Å². The van der Waals surface area contributed by atoms with Gasteiger partial charge < -0.3 is 10.5 Å². The third-order valence-corrected chi connectivity index (χ3v) is 4.82. The van der Waals surface area contributed by atoms with Crippen molar-refractivity contribution in [1.29, 1.82) is 5.26 Å². The molecule has 5 nitrogen and oxygen atoms in total. The zero-order valence-corrected chi connectivity index (χ0v) is 16.5. The third kappa shape index (κ3) is 6.83. The first kappa shape index (κ1) is 20.2. The molecule has 0 amide bonds. The molecule has 0 aliphatic carbocycles. The van der Waals surface area contributed by atoms with Crippen LogP contribution >= 0.6 is 11.8 Å². The van der Waals surface area contributed by atoms with Crippen molar-refractivity contribution in [2.45, 2.75) is 12.4 Å². The standard InChI is InChI=1S/C23H20N4OS/c24-14-18-6-8-20(9-7-18)16-28-22-12-10-19(11-13-22)15-26-27-23(25)29-17-21-4-2-1-3-5-21/h1-13,15H,16-17H2,(H2,25,27). The maximum atomic E-state index is 8.82. The minimum absolute atomic E-state index is 0.424. The largest absolute Gasteiger partial charge is 0.489 e. The fourth-order valence-electron chi connectivity index (χ4n) is 2.41. The number of benzene rings is 3. The van der Waals surface area contributed by atoms with Crippen molar-refractivity contribution in [3.05, 3.63) is 101 Å². The van der Waals surface area contributed by atoms with E-state index in [-0.39, 0.29) is 0 Å². The summed E-state index contributed by atoms with van der Waals surface area (Å²) in [6.45, 7) is 0.443. The van der Waals surface area contributed by atoms with Gasteiger partial charge in [-0.2, -0.15) is 10.4 Å². The van der Waals surface area contributed by atoms with Gasteiger partial charge in [0.1, 0.15) is 12.4 Å². The van der Waals surface area contributed by atoms with Gasteiger partial charge in [-0.15, -0.1) is 5.10 Å². The number of nitrogens with two attached hydrogens (primary N) is 1. The van der Waals surface area contributed by atoms with Crippen LogP contribution in [-0.2, 0) is 12.4 Å². The van der Waals surface area contributed by atoms with Crippen LogP contribution in [-0.4, -0.2) is 11.4 Å². The summed E-state index contributed by atoms with van der Waals surface area (Å²) in [6, 6.07) is 27.1. The summed E-state index contributed by atoms with van der Waals surface area (Å²) in [5, 5.41) is 17.3. The van der Waals surface area contributed by atoms with Crippen LogP contribution in [0.25, 0.3) is 0 Å². The van der Waals surface area contributed by atoms with Crippen molar-refractivity contribution in [2.75, 3.05) is 0 Å². The zero-order chi connectivity index (χ0) is 20.3. The number of hydrogen-bond donors (Lipinski definition) is 1. The van der Waals surface area contributed by atoms with Crippen LogP contribution in [0.1, 0.15) is 22.3 Å². The van der Waals surface area contributed by atoms with E-state index >= 15 is 0 Å². The fraction of sp³-hybridized carbons (Fsp3) is 0.0870. The summed E-state index contributed by atoms with van der Waals surface area (Å²) in [5.74, 6) is 1.52. The van der Waals surface area contributed by atoms with Gasteiger partial charge in [0.05, 0.1) is 17.8 Å². The van der Waals surface area contributed by atoms with Gasteiger partial charge in [-0.3, -0.25) is 0 Å². The van der Waals surface area contributed by atoms with E-state index in [1.54, 1.807) is 18.3 Å². The van der Waals surface area contributed by atoms with Crippen LogP contribution in [0.3, 0.4) is 0 Å². The maximum Gasteiger partial charge on any atom is 0.180 e. The Labute approximate surface area is 174 Å². The molecule has 29 heavy (non-hydrogen) atoms. The minimum Gasteiger partial charge on any atom is -0.489 e. The highest BCUT2D eigenvalue weighted by Gasteiger charge is 1.98. The molecule has 0 atom stereocenters. The molecule has 0 unspecified atom stereocenters. The lowest BCUT2D eigenvalue weighted by Gasteiger charge is -2.06. The minimum atomic E-state index is 0.424. The summed E-state index contributed by atoms with van der Waals surface area (Å²) in [7, 11) is 0. The molecule has 0 saturated carbocycles. The molecule has 0 heterocycles. The Morgan fingerprint density at radius 1 is 0.966 bits per heavy atom. The molecule has 3 aromatic carbocycles. The molecule has 144 valence electrons. The van der Waals surface area contributed by atoms with Crippen LogP contribution in [0.4, 0.5) is 0 Å². The van der Waals surface area contributed by atoms with Crippen molar-refractivity contribution >= 4 is 23.1 Å². The molecular weight excluding hydrogens is 380 g/mol. The monoisotopic (exact) mass is 400 g/mol. The van der Waals surface area contributed by atoms with Crippen molar-refractivity contribution in [3.8, 4) is 11.8 Å². The van der Waals surface area contributed by atoms with Gasteiger partial charge in [0, 0.05) is 5.75 Å². The maximum absolute atomic E-state index is 8.82. The lowest BCUT2D eigenvalue weighted by Crippen LogP contribution is -2.05. The zero-order valence-electron chi connectivity index (χ0n) is 15.7. The first-order valence-corrected chi connectivity index (χ1v) is 9.96. The Kier molecular flexibility index (Phi) is 7.44. The number of rotatable bonds is 7. The predicted molar refractivity (Wildman–Crippen MR) is 119 cm³/mol. The average Bonchev–Trinajstić information content (AvgIpc) is 2.78. The highest BCUT2D eigenvalue weighted by atomic mass is 32.2. The smallest absolute Gasteiger partial charge is 0.180 e. The van der Waals surface area contributed by atoms with Crippen molar-refractivity contribution in [2.24, 2.45) is 15.9 Å². The van der Waals surface area contributed by atoms with E-state index in [1.165, 1.54) is 17.3 Å². The van der Waals surface area contributed by atoms with E-state index < -0.39 is 0 Å². The summed E-state index contributed by atoms with van der Waals surface area (Å²) < 4.78 is 5.76. The van der Waals surface area contributed by atoms with Gasteiger partial charge in [0.15, 0.2) is 5.17 Å². The van der Waals surface area contributed by atoms with E-state index in [1.807, 2.05) is 54.6 Å². The Balaban J connectivity index is 1.47. The van der Waals surface area contributed by atoms with E-state index in [9.17, 15) is 0 Å². The van der Waals surface area contributed by atoms with Crippen LogP contribution in [0.2, 0.25) is 0 Å². The summed E-state index contributed by atoms with van der Waals surface area (Å²) in [4.78, 5) is 0. The molecule has 0 spiro atoms. The second-order valence-electron chi connectivity index (χ2n) is 6.12. The third-order valence-electron chi connectivity index (χ3n) is 3.96. The molecule has 6 heteroatoms. The Morgan fingerprint density at radius 2 is 1.69 bits per heavy atom. The van der Waals surface area contributed by atoms with Gasteiger partial charge in [0.25, 0.3) is 0 Å². The van der Waals surface area contributed by atoms with E-state index in [4.69, 9.17) is 15.7 Å². The number of amidine groups is 1. The van der Waals surface area contributed by atoms with Gasteiger partial charge in [-0.05, 0) is 53.1 Å². The number of nitrogens with zero attached hydrogens (tertiary/aromatic N) is 3. The second kappa shape index (κ2) is 10.7. The lowest BCUT2D eigenvalue weighted by atomic mass is 10.1. The lowest BCUT2D eigenvalue weighted by molar-refractivity contribution is 0.306. The molecule has 0 fully saturated rings. The number of nitriles is 1. The van der Waals surface area contributed by atoms with E-state index in [0.717, 1.165) is 22.6 Å². The molecule has 0 saturated heterocycles. The van der Waals surface area contributed by atoms with Gasteiger partial charge in [-0.25, -0.2) is 0 Å². The SMILES string of the molecule is N#Cc1ccc(COc2ccc(C=NN=C(N)SCc3ccccc3)cc2)cc1. The first-order chi connectivity index (χ1) is 14.2. The highest BCUT2D eigenvalue weighted by molar-refractivity contribution is 8.13. The molecule has 0 aromatic heterocycles. The van der Waals surface area contributed by atoms with Crippen LogP contribution in [0, 0.1) is 11.3 Å². The normalized spacial score (nSPS) is 11.3. The Morgan fingerprint density at radius 3 is 2.38 bits per heavy atom. The van der Waals surface area contributed by atoms with E-state index in [2.05, 4.69) is 28.4 Å². The van der Waals surface area contributed by atoms with Crippen LogP contribution in [0.5, 0.6) is 5.75 Å². The van der Waals surface area contributed by atoms with Crippen molar-refractivity contribution in [1.82, 2.24) is 0 Å². The molecule has 2 N–H and O–H groups in total. The van der Waals surface area contributed by atoms with Gasteiger partial charge in [-0.1, -0.05) is 54.2 Å². The number of hydrogen-bond acceptors (Lipinski definition) is 5. The Hall–Kier alpha value is -3.56. The number of thioether (sulfide) groups is 1. The molecule has 0 aliphatic heterocycles. The first-order valence-electron chi connectivity index (χ1n) is 8.98. The van der Waals surface area contributed by atoms with Gasteiger partial charge >= 0.3 is 0 Å². The summed E-state index contributed by atoms with van der Waals surface area (Å²) >= 11 is 1.45. The average molecular weight is 401 g/mol. The van der Waals surface area contributed by atoms with Crippen LogP contribution < -0.4 is 10.5 Å². The molecule has 0 radical (unpaired) electrons. The molecule has 0 aliphatic rings. The molecule has 0 bridgehead atoms. The Bertz CT molecular complexity index is 1010. The fourth-order valence-corrected chi connectivity index (χ4v) is 3.02. The topological polar surface area (TPSA) is 83.8 Å². The highest BCUT2D eigenvalue weighted by Crippen LogP contribution is 2.14. The van der Waals surface area contributed by atoms with Crippen molar-refractivity contribution in [3.63, 3.8) is 0 Å². The number of ether oxygens (including phenoxy) is 1. The molecule has 3 aromatic rings. The van der Waals surface area contributed by atoms with E-state index in [0.29, 0.717) is 17.3 Å². The predicted octanol–water partition coefficient (Wildman–Crippen LogP) is 4.72. The summed E-state index contributed by atoms with van der Waals surface area (Å²) in [5.41, 5.74) is 9.62.